The molecule has 0 fully saturated rings. The standard InChI is InChI=1S/C26H34O2/c1-4-6-7-8-9-10-11-22-12-16-24(17-13-22)26(27)28-25-18-14-23(15-19-25)20-21(3)5-2/h4,12-19,21H,1,5-11,20H2,2-3H3. The van der Waals surface area contributed by atoms with Crippen molar-refractivity contribution < 1.29 is 9.53 Å². The Balaban J connectivity index is 1.80. The Kier molecular flexibility index (Phi) is 9.54. The Labute approximate surface area is 170 Å². The number of carbonyl (C=O) groups is 1. The minimum absolute atomic E-state index is 0.300. The van der Waals surface area contributed by atoms with Gasteiger partial charge in [0.1, 0.15) is 5.75 Å². The molecule has 0 N–H and O–H groups in total. The van der Waals surface area contributed by atoms with Crippen molar-refractivity contribution in [3.63, 3.8) is 0 Å². The van der Waals surface area contributed by atoms with Crippen LogP contribution in [-0.2, 0) is 12.8 Å². The fraction of sp³-hybridized carbons (Fsp3) is 0.423. The van der Waals surface area contributed by atoms with Crippen LogP contribution in [0.3, 0.4) is 0 Å². The van der Waals surface area contributed by atoms with Crippen molar-refractivity contribution in [2.45, 2.75) is 65.2 Å². The Morgan fingerprint density at radius 1 is 0.964 bits per heavy atom. The van der Waals surface area contributed by atoms with Crippen molar-refractivity contribution in [3.05, 3.63) is 77.9 Å². The molecule has 2 aromatic rings. The highest BCUT2D eigenvalue weighted by atomic mass is 16.5. The molecule has 2 heteroatoms. The number of ether oxygens (including phenoxy) is 1. The molecule has 0 aliphatic rings. The average Bonchev–Trinajstić information content (AvgIpc) is 2.72. The minimum Gasteiger partial charge on any atom is -0.423 e. The van der Waals surface area contributed by atoms with Crippen LogP contribution < -0.4 is 4.74 Å². The topological polar surface area (TPSA) is 26.3 Å². The van der Waals surface area contributed by atoms with Gasteiger partial charge >= 0.3 is 5.97 Å². The van der Waals surface area contributed by atoms with Crippen molar-refractivity contribution in [2.24, 2.45) is 5.92 Å². The zero-order chi connectivity index (χ0) is 20.2. The van der Waals surface area contributed by atoms with E-state index in [1.165, 1.54) is 43.2 Å². The number of hydrogen-bond donors (Lipinski definition) is 0. The zero-order valence-electron chi connectivity index (χ0n) is 17.5. The molecule has 0 bridgehead atoms. The van der Waals surface area contributed by atoms with E-state index < -0.39 is 0 Å². The smallest absolute Gasteiger partial charge is 0.343 e. The third-order valence-electron chi connectivity index (χ3n) is 5.23. The predicted molar refractivity (Wildman–Crippen MR) is 118 cm³/mol. The van der Waals surface area contributed by atoms with Gasteiger partial charge < -0.3 is 4.74 Å². The van der Waals surface area contributed by atoms with E-state index in [0.717, 1.165) is 19.3 Å². The summed E-state index contributed by atoms with van der Waals surface area (Å²) in [5.74, 6) is 0.964. The second-order valence-electron chi connectivity index (χ2n) is 7.69. The highest BCUT2D eigenvalue weighted by molar-refractivity contribution is 5.91. The highest BCUT2D eigenvalue weighted by Gasteiger charge is 2.09. The first-order chi connectivity index (χ1) is 13.6. The largest absolute Gasteiger partial charge is 0.423 e. The van der Waals surface area contributed by atoms with Gasteiger partial charge in [-0.25, -0.2) is 4.79 Å². The van der Waals surface area contributed by atoms with Gasteiger partial charge in [-0.3, -0.25) is 0 Å². The molecular weight excluding hydrogens is 344 g/mol. The van der Waals surface area contributed by atoms with E-state index in [1.54, 1.807) is 0 Å². The van der Waals surface area contributed by atoms with E-state index in [2.05, 4.69) is 20.4 Å². The van der Waals surface area contributed by atoms with E-state index in [-0.39, 0.29) is 5.97 Å². The summed E-state index contributed by atoms with van der Waals surface area (Å²) in [5, 5.41) is 0. The molecule has 150 valence electrons. The number of rotatable bonds is 12. The number of aryl methyl sites for hydroxylation is 1. The fourth-order valence-electron chi connectivity index (χ4n) is 3.19. The Hall–Kier alpha value is -2.35. The van der Waals surface area contributed by atoms with Gasteiger partial charge in [0, 0.05) is 0 Å². The quantitative estimate of drug-likeness (QED) is 0.169. The summed E-state index contributed by atoms with van der Waals surface area (Å²) >= 11 is 0. The number of carbonyl (C=O) groups excluding carboxylic acids is 1. The molecular formula is C26H34O2. The molecule has 0 spiro atoms. The third-order valence-corrected chi connectivity index (χ3v) is 5.23. The van der Waals surface area contributed by atoms with Gasteiger partial charge in [-0.15, -0.1) is 6.58 Å². The molecule has 0 saturated carbocycles. The van der Waals surface area contributed by atoms with Crippen LogP contribution in [-0.4, -0.2) is 5.97 Å². The fourth-order valence-corrected chi connectivity index (χ4v) is 3.19. The van der Waals surface area contributed by atoms with Gasteiger partial charge in [0.2, 0.25) is 0 Å². The molecule has 2 aromatic carbocycles. The molecule has 0 aliphatic carbocycles. The number of esters is 1. The summed E-state index contributed by atoms with van der Waals surface area (Å²) in [6.45, 7) is 8.21. The van der Waals surface area contributed by atoms with E-state index in [1.807, 2.05) is 54.6 Å². The van der Waals surface area contributed by atoms with Gasteiger partial charge in [0.25, 0.3) is 0 Å². The van der Waals surface area contributed by atoms with Gasteiger partial charge in [0.15, 0.2) is 0 Å². The first-order valence-corrected chi connectivity index (χ1v) is 10.6. The van der Waals surface area contributed by atoms with Crippen LogP contribution in [0.25, 0.3) is 0 Å². The maximum atomic E-state index is 12.4. The lowest BCUT2D eigenvalue weighted by atomic mass is 9.99. The maximum Gasteiger partial charge on any atom is 0.343 e. The lowest BCUT2D eigenvalue weighted by molar-refractivity contribution is 0.0734. The number of hydrogen-bond acceptors (Lipinski definition) is 2. The Morgan fingerprint density at radius 2 is 1.61 bits per heavy atom. The molecule has 2 rings (SSSR count). The van der Waals surface area contributed by atoms with Crippen LogP contribution in [0, 0.1) is 5.92 Å². The van der Waals surface area contributed by atoms with E-state index in [4.69, 9.17) is 4.74 Å². The lowest BCUT2D eigenvalue weighted by Crippen LogP contribution is -2.08. The molecule has 0 radical (unpaired) electrons. The van der Waals surface area contributed by atoms with Crippen LogP contribution in [0.5, 0.6) is 5.75 Å². The van der Waals surface area contributed by atoms with E-state index in [0.29, 0.717) is 17.2 Å². The van der Waals surface area contributed by atoms with Gasteiger partial charge in [0.05, 0.1) is 5.56 Å². The minimum atomic E-state index is -0.300. The second-order valence-corrected chi connectivity index (χ2v) is 7.69. The lowest BCUT2D eigenvalue weighted by Gasteiger charge is -2.09. The van der Waals surface area contributed by atoms with Crippen molar-refractivity contribution in [1.29, 1.82) is 0 Å². The van der Waals surface area contributed by atoms with Crippen LogP contribution in [0.4, 0.5) is 0 Å². The molecule has 1 atom stereocenters. The van der Waals surface area contributed by atoms with Gasteiger partial charge in [-0.1, -0.05) is 63.5 Å². The molecule has 1 unspecified atom stereocenters. The van der Waals surface area contributed by atoms with Gasteiger partial charge in [-0.05, 0) is 73.4 Å². The Morgan fingerprint density at radius 3 is 2.25 bits per heavy atom. The second kappa shape index (κ2) is 12.2. The van der Waals surface area contributed by atoms with Crippen molar-refractivity contribution >= 4 is 5.97 Å². The molecule has 2 nitrogen and oxygen atoms in total. The summed E-state index contributed by atoms with van der Waals surface area (Å²) < 4.78 is 5.52. The van der Waals surface area contributed by atoms with Crippen LogP contribution in [0.2, 0.25) is 0 Å². The van der Waals surface area contributed by atoms with Crippen LogP contribution >= 0.6 is 0 Å². The summed E-state index contributed by atoms with van der Waals surface area (Å²) in [5.41, 5.74) is 3.15. The van der Waals surface area contributed by atoms with E-state index >= 15 is 0 Å². The molecule has 0 aliphatic heterocycles. The van der Waals surface area contributed by atoms with Crippen molar-refractivity contribution in [1.82, 2.24) is 0 Å². The first-order valence-electron chi connectivity index (χ1n) is 10.6. The first kappa shape index (κ1) is 21.9. The Bertz CT molecular complexity index is 713. The monoisotopic (exact) mass is 378 g/mol. The molecule has 28 heavy (non-hydrogen) atoms. The highest BCUT2D eigenvalue weighted by Crippen LogP contribution is 2.18. The van der Waals surface area contributed by atoms with Crippen LogP contribution in [0.1, 0.15) is 73.9 Å². The summed E-state index contributed by atoms with van der Waals surface area (Å²) in [4.78, 5) is 12.4. The summed E-state index contributed by atoms with van der Waals surface area (Å²) in [6, 6.07) is 15.7. The zero-order valence-corrected chi connectivity index (χ0v) is 17.5. The predicted octanol–water partition coefficient (Wildman–Crippen LogP) is 7.17. The van der Waals surface area contributed by atoms with Gasteiger partial charge in [-0.2, -0.15) is 0 Å². The normalized spacial score (nSPS) is 11.8. The van der Waals surface area contributed by atoms with Crippen molar-refractivity contribution in [3.8, 4) is 5.75 Å². The SMILES string of the molecule is C=CCCCCCCc1ccc(C(=O)Oc2ccc(CC(C)CC)cc2)cc1. The summed E-state index contributed by atoms with van der Waals surface area (Å²) in [7, 11) is 0. The average molecular weight is 379 g/mol. The summed E-state index contributed by atoms with van der Waals surface area (Å²) in [6.07, 6.45) is 11.3. The van der Waals surface area contributed by atoms with E-state index in [9.17, 15) is 4.79 Å². The third kappa shape index (κ3) is 7.72. The molecule has 0 amide bonds. The molecule has 0 heterocycles. The number of allylic oxidation sites excluding steroid dienone is 1. The maximum absolute atomic E-state index is 12.4. The van der Waals surface area contributed by atoms with Crippen LogP contribution in [0.15, 0.2) is 61.2 Å². The van der Waals surface area contributed by atoms with Crippen molar-refractivity contribution in [2.75, 3.05) is 0 Å². The number of unbranched alkanes of at least 4 members (excludes halogenated alkanes) is 4. The molecule has 0 aromatic heterocycles. The number of benzene rings is 2. The molecule has 0 saturated heterocycles.